The Labute approximate surface area is 155 Å². The number of carbonyl (C=O) groups excluding carboxylic acids is 2. The summed E-state index contributed by atoms with van der Waals surface area (Å²) in [6.45, 7) is 0.779. The Hall–Kier alpha value is -2.92. The molecule has 2 heterocycles. The first-order valence-electron chi connectivity index (χ1n) is 8.13. The summed E-state index contributed by atoms with van der Waals surface area (Å²) in [5.41, 5.74) is 1.51. The summed E-state index contributed by atoms with van der Waals surface area (Å²) < 4.78 is 4.68. The number of anilines is 2. The van der Waals surface area contributed by atoms with Crippen molar-refractivity contribution in [1.29, 1.82) is 5.26 Å². The molecule has 1 aromatic carbocycles. The number of esters is 1. The van der Waals surface area contributed by atoms with Gasteiger partial charge in [0.1, 0.15) is 10.9 Å². The predicted molar refractivity (Wildman–Crippen MR) is 98.4 cm³/mol. The number of benzene rings is 1. The van der Waals surface area contributed by atoms with Gasteiger partial charge >= 0.3 is 5.97 Å². The van der Waals surface area contributed by atoms with Gasteiger partial charge in [-0.3, -0.25) is 9.69 Å². The van der Waals surface area contributed by atoms with E-state index >= 15 is 0 Å². The van der Waals surface area contributed by atoms with Crippen LogP contribution in [0.2, 0.25) is 0 Å². The highest BCUT2D eigenvalue weighted by atomic mass is 32.1. The third-order valence-electron chi connectivity index (χ3n) is 4.36. The maximum Gasteiger partial charge on any atom is 0.349 e. The van der Waals surface area contributed by atoms with Crippen LogP contribution < -0.4 is 9.80 Å². The molecule has 0 N–H and O–H groups in total. The third-order valence-corrected chi connectivity index (χ3v) is 5.42. The maximum atomic E-state index is 13.0. The number of aromatic nitrogens is 1. The van der Waals surface area contributed by atoms with Crippen LogP contribution in [0.25, 0.3) is 0 Å². The third kappa shape index (κ3) is 3.39. The molecule has 1 aliphatic rings. The molecule has 1 saturated heterocycles. The quantitative estimate of drug-likeness (QED) is 0.768. The lowest BCUT2D eigenvalue weighted by Gasteiger charge is -2.28. The molecule has 1 fully saturated rings. The highest BCUT2D eigenvalue weighted by Gasteiger charge is 2.34. The van der Waals surface area contributed by atoms with Crippen LogP contribution in [0.4, 0.5) is 10.8 Å². The van der Waals surface area contributed by atoms with Crippen LogP contribution in [0.3, 0.4) is 0 Å². The number of hydrogen-bond donors (Lipinski definition) is 0. The molecule has 1 aliphatic heterocycles. The van der Waals surface area contributed by atoms with Crippen molar-refractivity contribution in [2.75, 3.05) is 30.5 Å². The molecule has 1 amide bonds. The first-order valence-corrected chi connectivity index (χ1v) is 8.95. The number of methoxy groups -OCH3 is 1. The molecule has 1 atom stereocenters. The minimum absolute atomic E-state index is 0.0716. The highest BCUT2D eigenvalue weighted by Crippen LogP contribution is 2.29. The van der Waals surface area contributed by atoms with E-state index in [0.29, 0.717) is 15.6 Å². The summed E-state index contributed by atoms with van der Waals surface area (Å²) in [5.74, 6) is -0.535. The zero-order valence-corrected chi connectivity index (χ0v) is 15.3. The van der Waals surface area contributed by atoms with Gasteiger partial charge in [-0.1, -0.05) is 11.3 Å². The minimum Gasteiger partial charge on any atom is -0.465 e. The van der Waals surface area contributed by atoms with E-state index in [1.165, 1.54) is 18.2 Å². The molecule has 0 bridgehead atoms. The van der Waals surface area contributed by atoms with Crippen LogP contribution in [0.15, 0.2) is 30.5 Å². The molecular formula is C18H18N4O3S. The van der Waals surface area contributed by atoms with E-state index in [1.807, 2.05) is 12.1 Å². The van der Waals surface area contributed by atoms with E-state index < -0.39 is 5.97 Å². The monoisotopic (exact) mass is 370 g/mol. The summed E-state index contributed by atoms with van der Waals surface area (Å²) in [7, 11) is 2.97. The number of nitrogens with zero attached hydrogens (tertiary/aromatic N) is 4. The zero-order chi connectivity index (χ0) is 18.7. The molecule has 0 spiro atoms. The van der Waals surface area contributed by atoms with Crippen molar-refractivity contribution in [2.24, 2.45) is 0 Å². The fourth-order valence-electron chi connectivity index (χ4n) is 2.99. The number of amides is 1. The predicted octanol–water partition coefficient (Wildman–Crippen LogP) is 2.43. The van der Waals surface area contributed by atoms with Crippen molar-refractivity contribution < 1.29 is 14.3 Å². The van der Waals surface area contributed by atoms with Gasteiger partial charge in [0.25, 0.3) is 5.91 Å². The topological polar surface area (TPSA) is 86.5 Å². The summed E-state index contributed by atoms with van der Waals surface area (Å²) in [5, 5.41) is 9.39. The minimum atomic E-state index is -0.463. The normalized spacial score (nSPS) is 16.2. The van der Waals surface area contributed by atoms with Crippen molar-refractivity contribution in [1.82, 2.24) is 4.98 Å². The van der Waals surface area contributed by atoms with Crippen molar-refractivity contribution in [3.8, 4) is 6.07 Å². The number of hydrogen-bond acceptors (Lipinski definition) is 7. The molecule has 1 aromatic heterocycles. The molecule has 8 heteroatoms. The van der Waals surface area contributed by atoms with Gasteiger partial charge in [-0.25, -0.2) is 9.78 Å². The van der Waals surface area contributed by atoms with Crippen molar-refractivity contribution >= 4 is 34.0 Å². The maximum absolute atomic E-state index is 13.0. The Kier molecular flexibility index (Phi) is 5.19. The van der Waals surface area contributed by atoms with E-state index in [4.69, 9.17) is 5.26 Å². The van der Waals surface area contributed by atoms with Gasteiger partial charge < -0.3 is 9.64 Å². The SMILES string of the molecule is COC(=O)c1cnc(N(C)C(=O)C2CCCN2c2ccc(C#N)cc2)s1. The van der Waals surface area contributed by atoms with Crippen molar-refractivity contribution in [2.45, 2.75) is 18.9 Å². The second-order valence-electron chi connectivity index (χ2n) is 5.91. The summed E-state index contributed by atoms with van der Waals surface area (Å²) in [4.78, 5) is 32.6. The number of likely N-dealkylation sites (N-methyl/N-ethyl adjacent to an activating group) is 1. The average molecular weight is 370 g/mol. The molecule has 0 radical (unpaired) electrons. The average Bonchev–Trinajstić information content (AvgIpc) is 3.36. The number of nitriles is 1. The molecule has 134 valence electrons. The fourth-order valence-corrected chi connectivity index (χ4v) is 3.79. The second kappa shape index (κ2) is 7.54. The molecule has 7 nitrogen and oxygen atoms in total. The molecule has 26 heavy (non-hydrogen) atoms. The van der Waals surface area contributed by atoms with Crippen LogP contribution in [0, 0.1) is 11.3 Å². The van der Waals surface area contributed by atoms with Gasteiger partial charge in [0.15, 0.2) is 5.13 Å². The number of rotatable bonds is 4. The van der Waals surface area contributed by atoms with Crippen molar-refractivity contribution in [3.05, 3.63) is 40.9 Å². The lowest BCUT2D eigenvalue weighted by molar-refractivity contribution is -0.119. The number of carbonyl (C=O) groups is 2. The van der Waals surface area contributed by atoms with E-state index in [2.05, 4.69) is 20.7 Å². The molecule has 0 aliphatic carbocycles. The van der Waals surface area contributed by atoms with Crippen LogP contribution in [-0.2, 0) is 9.53 Å². The fraction of sp³-hybridized carbons (Fsp3) is 0.333. The molecule has 3 rings (SSSR count). The standard InChI is InChI=1S/C18H18N4O3S/c1-21(18-20-11-15(26-18)17(24)25-2)16(23)14-4-3-9-22(14)13-7-5-12(10-19)6-8-13/h5-8,11,14H,3-4,9H2,1-2H3. The lowest BCUT2D eigenvalue weighted by Crippen LogP contribution is -2.44. The molecule has 2 aromatic rings. The zero-order valence-electron chi connectivity index (χ0n) is 14.5. The first-order chi connectivity index (χ1) is 12.5. The number of thiazole rings is 1. The van der Waals surface area contributed by atoms with Crippen LogP contribution in [0.1, 0.15) is 28.1 Å². The molecule has 0 saturated carbocycles. The summed E-state index contributed by atoms with van der Waals surface area (Å²) in [6.07, 6.45) is 3.08. The van der Waals surface area contributed by atoms with Crippen LogP contribution in [0.5, 0.6) is 0 Å². The van der Waals surface area contributed by atoms with Gasteiger partial charge in [-0.05, 0) is 37.1 Å². The summed E-state index contributed by atoms with van der Waals surface area (Å²) >= 11 is 1.13. The molecular weight excluding hydrogens is 352 g/mol. The van der Waals surface area contributed by atoms with Crippen LogP contribution in [-0.4, -0.2) is 43.6 Å². The van der Waals surface area contributed by atoms with Gasteiger partial charge in [0.05, 0.1) is 24.9 Å². The van der Waals surface area contributed by atoms with E-state index in [9.17, 15) is 9.59 Å². The van der Waals surface area contributed by atoms with E-state index in [-0.39, 0.29) is 11.9 Å². The van der Waals surface area contributed by atoms with Crippen molar-refractivity contribution in [3.63, 3.8) is 0 Å². The Balaban J connectivity index is 1.78. The van der Waals surface area contributed by atoms with E-state index in [0.717, 1.165) is 36.4 Å². The first kappa shape index (κ1) is 17.9. The second-order valence-corrected chi connectivity index (χ2v) is 6.92. The Morgan fingerprint density at radius 1 is 1.38 bits per heavy atom. The van der Waals surface area contributed by atoms with Crippen LogP contribution >= 0.6 is 11.3 Å². The van der Waals surface area contributed by atoms with Gasteiger partial charge in [-0.2, -0.15) is 5.26 Å². The summed E-state index contributed by atoms with van der Waals surface area (Å²) in [6, 6.07) is 9.04. The smallest absolute Gasteiger partial charge is 0.349 e. The number of ether oxygens (including phenoxy) is 1. The molecule has 1 unspecified atom stereocenters. The largest absolute Gasteiger partial charge is 0.465 e. The lowest BCUT2D eigenvalue weighted by atomic mass is 10.1. The Morgan fingerprint density at radius 2 is 2.12 bits per heavy atom. The van der Waals surface area contributed by atoms with E-state index in [1.54, 1.807) is 19.2 Å². The van der Waals surface area contributed by atoms with Gasteiger partial charge in [0, 0.05) is 19.3 Å². The Bertz CT molecular complexity index is 856. The van der Waals surface area contributed by atoms with Gasteiger partial charge in [0.2, 0.25) is 0 Å². The Morgan fingerprint density at radius 3 is 2.77 bits per heavy atom. The van der Waals surface area contributed by atoms with Gasteiger partial charge in [-0.15, -0.1) is 0 Å². The highest BCUT2D eigenvalue weighted by molar-refractivity contribution is 7.17.